The predicted molar refractivity (Wildman–Crippen MR) is 95.0 cm³/mol. The van der Waals surface area contributed by atoms with Gasteiger partial charge in [-0.1, -0.05) is 51.7 Å². The molecule has 0 spiro atoms. The summed E-state index contributed by atoms with van der Waals surface area (Å²) in [6, 6.07) is 6.55. The summed E-state index contributed by atoms with van der Waals surface area (Å²) in [5, 5.41) is 3.18. The highest BCUT2D eigenvalue weighted by atomic mass is 16.5. The third kappa shape index (κ3) is 5.26. The van der Waals surface area contributed by atoms with E-state index in [2.05, 4.69) is 31.3 Å². The second-order valence-electron chi connectivity index (χ2n) is 7.15. The van der Waals surface area contributed by atoms with E-state index in [4.69, 9.17) is 4.74 Å². The third-order valence-corrected chi connectivity index (χ3v) is 4.67. The Morgan fingerprint density at radius 2 is 1.78 bits per heavy atom. The Balaban J connectivity index is 1.99. The molecule has 1 aromatic rings. The second kappa shape index (κ2) is 8.37. The average molecular weight is 317 g/mol. The van der Waals surface area contributed by atoms with Crippen molar-refractivity contribution >= 4 is 5.91 Å². The van der Waals surface area contributed by atoms with Crippen molar-refractivity contribution in [3.63, 3.8) is 0 Å². The van der Waals surface area contributed by atoms with E-state index >= 15 is 0 Å². The van der Waals surface area contributed by atoms with Gasteiger partial charge in [0.2, 0.25) is 0 Å². The van der Waals surface area contributed by atoms with Crippen molar-refractivity contribution in [2.75, 3.05) is 0 Å². The molecule has 2 rings (SSSR count). The summed E-state index contributed by atoms with van der Waals surface area (Å²) >= 11 is 0. The lowest BCUT2D eigenvalue weighted by Gasteiger charge is -2.22. The highest BCUT2D eigenvalue weighted by Crippen LogP contribution is 2.28. The van der Waals surface area contributed by atoms with Crippen LogP contribution in [0.3, 0.4) is 0 Å². The summed E-state index contributed by atoms with van der Waals surface area (Å²) in [6.07, 6.45) is 6.75. The molecular formula is C20H31NO2. The zero-order valence-electron chi connectivity index (χ0n) is 15.0. The number of ether oxygens (including phenoxy) is 1. The standard InChI is InChI=1S/C20H31NO2/c1-14(2)18-12-11-15(3)13-19(18)23-16(4)20(22)21-17-9-7-5-6-8-10-17/h11-14,16-17H,5-10H2,1-4H3,(H,21,22). The number of benzene rings is 1. The van der Waals surface area contributed by atoms with E-state index in [-0.39, 0.29) is 5.91 Å². The maximum Gasteiger partial charge on any atom is 0.260 e. The molecule has 23 heavy (non-hydrogen) atoms. The number of hydrogen-bond donors (Lipinski definition) is 1. The smallest absolute Gasteiger partial charge is 0.260 e. The number of nitrogens with one attached hydrogen (secondary N) is 1. The number of amides is 1. The van der Waals surface area contributed by atoms with Crippen molar-refractivity contribution in [2.24, 2.45) is 0 Å². The Morgan fingerprint density at radius 3 is 2.39 bits per heavy atom. The molecule has 0 heterocycles. The quantitative estimate of drug-likeness (QED) is 0.798. The number of hydrogen-bond acceptors (Lipinski definition) is 2. The van der Waals surface area contributed by atoms with Crippen LogP contribution in [-0.4, -0.2) is 18.1 Å². The molecule has 0 aliphatic heterocycles. The van der Waals surface area contributed by atoms with Gasteiger partial charge in [0.05, 0.1) is 0 Å². The summed E-state index contributed by atoms with van der Waals surface area (Å²) in [7, 11) is 0. The minimum absolute atomic E-state index is 0.00751. The fourth-order valence-corrected chi connectivity index (χ4v) is 3.21. The van der Waals surface area contributed by atoms with Gasteiger partial charge in [-0.2, -0.15) is 0 Å². The number of carbonyl (C=O) groups excluding carboxylic acids is 1. The van der Waals surface area contributed by atoms with Crippen molar-refractivity contribution in [1.29, 1.82) is 0 Å². The monoisotopic (exact) mass is 317 g/mol. The van der Waals surface area contributed by atoms with E-state index in [0.717, 1.165) is 29.7 Å². The van der Waals surface area contributed by atoms with Gasteiger partial charge in [-0.15, -0.1) is 0 Å². The molecule has 1 atom stereocenters. The summed E-state index contributed by atoms with van der Waals surface area (Å²) in [5.41, 5.74) is 2.31. The Hall–Kier alpha value is -1.51. The van der Waals surface area contributed by atoms with Gasteiger partial charge < -0.3 is 10.1 Å². The second-order valence-corrected chi connectivity index (χ2v) is 7.15. The topological polar surface area (TPSA) is 38.3 Å². The number of rotatable bonds is 5. The van der Waals surface area contributed by atoms with Crippen molar-refractivity contribution in [3.8, 4) is 5.75 Å². The normalized spacial score (nSPS) is 17.6. The molecule has 3 nitrogen and oxygen atoms in total. The molecule has 0 radical (unpaired) electrons. The van der Waals surface area contributed by atoms with Crippen LogP contribution >= 0.6 is 0 Å². The Kier molecular flexibility index (Phi) is 6.49. The fourth-order valence-electron chi connectivity index (χ4n) is 3.21. The lowest BCUT2D eigenvalue weighted by molar-refractivity contribution is -0.128. The van der Waals surface area contributed by atoms with E-state index < -0.39 is 6.10 Å². The first kappa shape index (κ1) is 17.8. The summed E-state index contributed by atoms with van der Waals surface area (Å²) < 4.78 is 6.01. The molecule has 0 aromatic heterocycles. The summed E-state index contributed by atoms with van der Waals surface area (Å²) in [5.74, 6) is 1.22. The van der Waals surface area contributed by atoms with E-state index in [1.807, 2.05) is 19.9 Å². The molecule has 0 bridgehead atoms. The van der Waals surface area contributed by atoms with E-state index in [0.29, 0.717) is 12.0 Å². The molecule has 1 N–H and O–H groups in total. The lowest BCUT2D eigenvalue weighted by Crippen LogP contribution is -2.42. The number of aryl methyl sites for hydroxylation is 1. The van der Waals surface area contributed by atoms with E-state index in [1.54, 1.807) is 0 Å². The van der Waals surface area contributed by atoms with Crippen LogP contribution < -0.4 is 10.1 Å². The summed E-state index contributed by atoms with van der Waals surface area (Å²) in [4.78, 5) is 12.5. The first-order valence-corrected chi connectivity index (χ1v) is 9.05. The van der Waals surface area contributed by atoms with Gasteiger partial charge in [0.25, 0.3) is 5.91 Å². The van der Waals surface area contributed by atoms with Crippen molar-refractivity contribution < 1.29 is 9.53 Å². The molecule has 1 unspecified atom stereocenters. The zero-order chi connectivity index (χ0) is 16.8. The van der Waals surface area contributed by atoms with Gasteiger partial charge in [-0.05, 0) is 49.8 Å². The van der Waals surface area contributed by atoms with Crippen LogP contribution in [0.15, 0.2) is 18.2 Å². The molecule has 1 aliphatic rings. The van der Waals surface area contributed by atoms with Crippen LogP contribution in [0.25, 0.3) is 0 Å². The molecule has 1 aliphatic carbocycles. The zero-order valence-corrected chi connectivity index (χ0v) is 15.0. The Morgan fingerprint density at radius 1 is 1.13 bits per heavy atom. The maximum atomic E-state index is 12.5. The number of carbonyl (C=O) groups is 1. The molecule has 1 amide bonds. The SMILES string of the molecule is Cc1ccc(C(C)C)c(OC(C)C(=O)NC2CCCCCC2)c1. The van der Waals surface area contributed by atoms with E-state index in [9.17, 15) is 4.79 Å². The van der Waals surface area contributed by atoms with Crippen molar-refractivity contribution in [1.82, 2.24) is 5.32 Å². The molecule has 0 saturated heterocycles. The average Bonchev–Trinajstić information content (AvgIpc) is 2.75. The van der Waals surface area contributed by atoms with Gasteiger partial charge >= 0.3 is 0 Å². The largest absolute Gasteiger partial charge is 0.481 e. The molecule has 1 aromatic carbocycles. The molecular weight excluding hydrogens is 286 g/mol. The van der Waals surface area contributed by atoms with Gasteiger partial charge in [0.15, 0.2) is 6.10 Å². The minimum atomic E-state index is -0.461. The van der Waals surface area contributed by atoms with Crippen LogP contribution in [-0.2, 0) is 4.79 Å². The van der Waals surface area contributed by atoms with Crippen LogP contribution in [0.4, 0.5) is 0 Å². The summed E-state index contributed by atoms with van der Waals surface area (Å²) in [6.45, 7) is 8.19. The first-order chi connectivity index (χ1) is 11.0. The molecule has 128 valence electrons. The molecule has 1 saturated carbocycles. The lowest BCUT2D eigenvalue weighted by atomic mass is 10.0. The van der Waals surface area contributed by atoms with Crippen LogP contribution in [0.1, 0.15) is 76.3 Å². The van der Waals surface area contributed by atoms with Crippen molar-refractivity contribution in [3.05, 3.63) is 29.3 Å². The molecule has 1 fully saturated rings. The van der Waals surface area contributed by atoms with Gasteiger partial charge in [0.1, 0.15) is 5.75 Å². The Labute approximate surface area is 140 Å². The van der Waals surface area contributed by atoms with Gasteiger partial charge in [-0.25, -0.2) is 0 Å². The third-order valence-electron chi connectivity index (χ3n) is 4.67. The molecule has 3 heteroatoms. The van der Waals surface area contributed by atoms with Crippen LogP contribution in [0.5, 0.6) is 5.75 Å². The fraction of sp³-hybridized carbons (Fsp3) is 0.650. The van der Waals surface area contributed by atoms with E-state index in [1.165, 1.54) is 25.7 Å². The minimum Gasteiger partial charge on any atom is -0.481 e. The van der Waals surface area contributed by atoms with Crippen molar-refractivity contribution in [2.45, 2.75) is 84.3 Å². The van der Waals surface area contributed by atoms with Gasteiger partial charge in [0, 0.05) is 6.04 Å². The van der Waals surface area contributed by atoms with Crippen LogP contribution in [0, 0.1) is 6.92 Å². The van der Waals surface area contributed by atoms with Gasteiger partial charge in [-0.3, -0.25) is 4.79 Å². The van der Waals surface area contributed by atoms with Crippen LogP contribution in [0.2, 0.25) is 0 Å². The highest BCUT2D eigenvalue weighted by molar-refractivity contribution is 5.81. The maximum absolute atomic E-state index is 12.5. The predicted octanol–water partition coefficient (Wildman–Crippen LogP) is 4.72. The Bertz CT molecular complexity index is 516. The highest BCUT2D eigenvalue weighted by Gasteiger charge is 2.21. The first-order valence-electron chi connectivity index (χ1n) is 9.05.